The van der Waals surface area contributed by atoms with E-state index in [1.54, 1.807) is 0 Å². The molecule has 11 aromatic carbocycles. The summed E-state index contributed by atoms with van der Waals surface area (Å²) >= 11 is 0. The van der Waals surface area contributed by atoms with E-state index in [1.807, 2.05) is 30.3 Å². The van der Waals surface area contributed by atoms with Gasteiger partial charge in [0.05, 0.1) is 22.4 Å². The van der Waals surface area contributed by atoms with Crippen LogP contribution >= 0.6 is 0 Å². The zero-order chi connectivity index (χ0) is 51.0. The number of fused-ring (bicyclic) bond motifs is 9. The molecule has 6 heteroatoms. The second kappa shape index (κ2) is 18.0. The van der Waals surface area contributed by atoms with E-state index in [0.717, 1.165) is 134 Å². The van der Waals surface area contributed by atoms with Gasteiger partial charge < -0.3 is 18.3 Å². The van der Waals surface area contributed by atoms with Crippen molar-refractivity contribution in [3.05, 3.63) is 266 Å². The Hall–Kier alpha value is -10.3. The Morgan fingerprint density at radius 3 is 1.45 bits per heavy atom. The Bertz CT molecular complexity index is 4590. The lowest BCUT2D eigenvalue weighted by Crippen LogP contribution is -2.12. The zero-order valence-electron chi connectivity index (χ0n) is 41.9. The van der Waals surface area contributed by atoms with Gasteiger partial charge in [0, 0.05) is 71.8 Å². The van der Waals surface area contributed by atoms with Crippen LogP contribution in [-0.4, -0.2) is 14.5 Å². The van der Waals surface area contributed by atoms with E-state index >= 15 is 0 Å². The maximum Gasteiger partial charge on any atom is 0.160 e. The summed E-state index contributed by atoms with van der Waals surface area (Å²) in [5.41, 5.74) is 19.4. The first kappa shape index (κ1) is 44.2. The molecule has 362 valence electrons. The molecule has 4 heterocycles. The summed E-state index contributed by atoms with van der Waals surface area (Å²) in [6.45, 7) is 2.18. The lowest BCUT2D eigenvalue weighted by atomic mass is 9.91. The van der Waals surface area contributed by atoms with Gasteiger partial charge in [-0.1, -0.05) is 164 Å². The predicted octanol–water partition coefficient (Wildman–Crippen LogP) is 19.5. The third kappa shape index (κ3) is 7.49. The van der Waals surface area contributed by atoms with E-state index in [1.165, 1.54) is 10.8 Å². The third-order valence-corrected chi connectivity index (χ3v) is 15.1. The lowest BCUT2D eigenvalue weighted by Gasteiger charge is -2.28. The van der Waals surface area contributed by atoms with Crippen molar-refractivity contribution in [1.29, 1.82) is 0 Å². The molecule has 0 amide bonds. The fourth-order valence-electron chi connectivity index (χ4n) is 11.6. The smallest absolute Gasteiger partial charge is 0.160 e. The molecule has 0 aliphatic rings. The van der Waals surface area contributed by atoms with Crippen molar-refractivity contribution in [2.75, 3.05) is 4.90 Å². The molecule has 0 bridgehead atoms. The summed E-state index contributed by atoms with van der Waals surface area (Å²) in [6, 6.07) is 92.2. The van der Waals surface area contributed by atoms with Crippen LogP contribution in [0.2, 0.25) is 0 Å². The largest absolute Gasteiger partial charge is 0.456 e. The van der Waals surface area contributed by atoms with Crippen molar-refractivity contribution in [2.24, 2.45) is 0 Å². The summed E-state index contributed by atoms with van der Waals surface area (Å²) in [6.07, 6.45) is 0. The lowest BCUT2D eigenvalue weighted by molar-refractivity contribution is 0.668. The van der Waals surface area contributed by atoms with Crippen molar-refractivity contribution >= 4 is 82.7 Å². The Kier molecular flexibility index (Phi) is 10.3. The molecule has 15 rings (SSSR count). The SMILES string of the molecule is Cc1ccccc1N(c1ccccc1)c1cc(-c2cc(-c3ccccc3)nc(-c3cc(-c4cccc5oc6ccccc6c45)cc(-c4cccc5oc6ccccc6c45)c3)n2)cc(-n2c3ccccc3c3ccccc32)c1. The van der Waals surface area contributed by atoms with Crippen LogP contribution in [0.1, 0.15) is 5.56 Å². The molecule has 0 unspecified atom stereocenters. The molecule has 15 aromatic rings. The van der Waals surface area contributed by atoms with Crippen molar-refractivity contribution in [3.8, 4) is 61.8 Å². The minimum Gasteiger partial charge on any atom is -0.456 e. The number of hydrogen-bond donors (Lipinski definition) is 0. The van der Waals surface area contributed by atoms with Crippen LogP contribution in [0.3, 0.4) is 0 Å². The Balaban J connectivity index is 1.02. The van der Waals surface area contributed by atoms with Crippen LogP contribution in [-0.2, 0) is 0 Å². The van der Waals surface area contributed by atoms with Crippen LogP contribution < -0.4 is 4.90 Å². The van der Waals surface area contributed by atoms with Crippen LogP contribution in [0, 0.1) is 6.92 Å². The minimum atomic E-state index is 0.598. The predicted molar refractivity (Wildman–Crippen MR) is 318 cm³/mol. The first-order valence-electron chi connectivity index (χ1n) is 26.0. The molecule has 4 aromatic heterocycles. The molecule has 0 aliphatic carbocycles. The van der Waals surface area contributed by atoms with E-state index in [4.69, 9.17) is 18.8 Å². The van der Waals surface area contributed by atoms with Gasteiger partial charge in [-0.15, -0.1) is 0 Å². The number of rotatable bonds is 9. The highest BCUT2D eigenvalue weighted by Gasteiger charge is 2.23. The van der Waals surface area contributed by atoms with Crippen molar-refractivity contribution in [3.63, 3.8) is 0 Å². The van der Waals surface area contributed by atoms with Crippen LogP contribution in [0.5, 0.6) is 0 Å². The second-order valence-corrected chi connectivity index (χ2v) is 19.7. The molecule has 77 heavy (non-hydrogen) atoms. The molecule has 0 spiro atoms. The van der Waals surface area contributed by atoms with Crippen LogP contribution in [0.15, 0.2) is 270 Å². The standard InChI is InChI=1S/C71H46N4O2/c1-45-20-8-13-31-62(45)74(51-23-6-3-7-24-51)52-41-49(42-53(43-52)75-63-32-14-9-25-56(63)57-26-10-15-33-64(57)75)61-44-60(46-21-4-2-5-22-46)72-71(73-61)50-39-47(54-29-18-36-67-69(54)58-27-11-16-34-65(58)76-67)38-48(40-50)55-30-19-37-68-70(55)59-28-12-17-35-66(59)77-68/h2-44H,1H3. The summed E-state index contributed by atoms with van der Waals surface area (Å²) in [5.74, 6) is 0.598. The fourth-order valence-corrected chi connectivity index (χ4v) is 11.6. The van der Waals surface area contributed by atoms with Crippen LogP contribution in [0.25, 0.3) is 128 Å². The fraction of sp³-hybridized carbons (Fsp3) is 0.0141. The minimum absolute atomic E-state index is 0.598. The first-order valence-corrected chi connectivity index (χ1v) is 26.0. The van der Waals surface area contributed by atoms with Gasteiger partial charge in [0.1, 0.15) is 22.3 Å². The molecule has 6 nitrogen and oxygen atoms in total. The van der Waals surface area contributed by atoms with E-state index in [0.29, 0.717) is 5.82 Å². The van der Waals surface area contributed by atoms with Crippen molar-refractivity contribution in [2.45, 2.75) is 6.92 Å². The number of aromatic nitrogens is 3. The molecule has 0 saturated heterocycles. The molecule has 0 radical (unpaired) electrons. The number of hydrogen-bond acceptors (Lipinski definition) is 5. The van der Waals surface area contributed by atoms with Gasteiger partial charge in [-0.25, -0.2) is 9.97 Å². The van der Waals surface area contributed by atoms with Crippen LogP contribution in [0.4, 0.5) is 17.1 Å². The summed E-state index contributed by atoms with van der Waals surface area (Å²) < 4.78 is 15.4. The molecule has 0 atom stereocenters. The van der Waals surface area contributed by atoms with Gasteiger partial charge in [-0.05, 0) is 132 Å². The Morgan fingerprint density at radius 2 is 0.844 bits per heavy atom. The average Bonchev–Trinajstić information content (AvgIpc) is 4.27. The normalized spacial score (nSPS) is 11.7. The summed E-state index contributed by atoms with van der Waals surface area (Å²) in [7, 11) is 0. The number of benzene rings is 11. The van der Waals surface area contributed by atoms with E-state index in [-0.39, 0.29) is 0 Å². The van der Waals surface area contributed by atoms with E-state index < -0.39 is 0 Å². The van der Waals surface area contributed by atoms with Crippen molar-refractivity contribution in [1.82, 2.24) is 14.5 Å². The van der Waals surface area contributed by atoms with E-state index in [2.05, 4.69) is 247 Å². The molecular formula is C71H46N4O2. The maximum absolute atomic E-state index is 6.50. The number of aryl methyl sites for hydroxylation is 1. The third-order valence-electron chi connectivity index (χ3n) is 15.1. The quantitative estimate of drug-likeness (QED) is 0.144. The summed E-state index contributed by atoms with van der Waals surface area (Å²) in [5, 5.41) is 6.63. The number of nitrogens with zero attached hydrogens (tertiary/aromatic N) is 4. The zero-order valence-corrected chi connectivity index (χ0v) is 41.9. The molecule has 0 aliphatic heterocycles. The van der Waals surface area contributed by atoms with Gasteiger partial charge in [0.2, 0.25) is 0 Å². The monoisotopic (exact) mass is 986 g/mol. The Morgan fingerprint density at radius 1 is 0.351 bits per heavy atom. The highest BCUT2D eigenvalue weighted by Crippen LogP contribution is 2.45. The van der Waals surface area contributed by atoms with Gasteiger partial charge in [-0.3, -0.25) is 0 Å². The topological polar surface area (TPSA) is 60.2 Å². The van der Waals surface area contributed by atoms with Gasteiger partial charge in [0.25, 0.3) is 0 Å². The van der Waals surface area contributed by atoms with E-state index in [9.17, 15) is 0 Å². The van der Waals surface area contributed by atoms with Crippen molar-refractivity contribution < 1.29 is 8.83 Å². The highest BCUT2D eigenvalue weighted by molar-refractivity contribution is 6.15. The first-order chi connectivity index (χ1) is 38.1. The van der Waals surface area contributed by atoms with Gasteiger partial charge in [0.15, 0.2) is 5.82 Å². The van der Waals surface area contributed by atoms with Gasteiger partial charge in [-0.2, -0.15) is 0 Å². The maximum atomic E-state index is 6.50. The Labute approximate surface area is 444 Å². The molecule has 0 N–H and O–H groups in total. The van der Waals surface area contributed by atoms with Gasteiger partial charge >= 0.3 is 0 Å². The molecule has 0 saturated carbocycles. The number of para-hydroxylation sites is 6. The number of anilines is 3. The summed E-state index contributed by atoms with van der Waals surface area (Å²) in [4.78, 5) is 13.6. The highest BCUT2D eigenvalue weighted by atomic mass is 16.3. The number of furan rings is 2. The average molecular weight is 987 g/mol. The second-order valence-electron chi connectivity index (χ2n) is 19.7. The molecular weight excluding hydrogens is 941 g/mol. The molecule has 0 fully saturated rings.